The van der Waals surface area contributed by atoms with Crippen molar-refractivity contribution in [3.8, 4) is 0 Å². The predicted molar refractivity (Wildman–Crippen MR) is 92.8 cm³/mol. The molecule has 2 aliphatic heterocycles. The first-order valence-electron chi connectivity index (χ1n) is 8.18. The SMILES string of the molecule is CC1Sc2ccc(C(=O)NC(C(=O)O)C3CCCOC3)cc2NC1=O. The molecule has 3 N–H and O–H groups in total. The Kier molecular flexibility index (Phi) is 5.29. The number of thioether (sulfide) groups is 1. The Morgan fingerprint density at radius 2 is 2.24 bits per heavy atom. The van der Waals surface area contributed by atoms with Crippen LogP contribution in [0.25, 0.3) is 0 Å². The van der Waals surface area contributed by atoms with E-state index in [9.17, 15) is 19.5 Å². The molecule has 1 fully saturated rings. The minimum atomic E-state index is -1.07. The van der Waals surface area contributed by atoms with E-state index in [2.05, 4.69) is 10.6 Å². The van der Waals surface area contributed by atoms with Crippen molar-refractivity contribution in [2.24, 2.45) is 5.92 Å². The van der Waals surface area contributed by atoms with Gasteiger partial charge >= 0.3 is 5.97 Å². The molecule has 2 aliphatic rings. The number of nitrogens with one attached hydrogen (secondary N) is 2. The Morgan fingerprint density at radius 3 is 2.92 bits per heavy atom. The number of carbonyl (C=O) groups excluding carboxylic acids is 2. The summed E-state index contributed by atoms with van der Waals surface area (Å²) in [5.41, 5.74) is 0.894. The van der Waals surface area contributed by atoms with E-state index >= 15 is 0 Å². The summed E-state index contributed by atoms with van der Waals surface area (Å²) in [5.74, 6) is -1.90. The molecule has 3 atom stereocenters. The quantitative estimate of drug-likeness (QED) is 0.751. The topological polar surface area (TPSA) is 105 Å². The molecule has 0 spiro atoms. The minimum Gasteiger partial charge on any atom is -0.480 e. The molecule has 0 saturated carbocycles. The van der Waals surface area contributed by atoms with Crippen molar-refractivity contribution in [3.63, 3.8) is 0 Å². The number of carboxylic acids is 1. The van der Waals surface area contributed by atoms with Crippen LogP contribution in [0.1, 0.15) is 30.1 Å². The van der Waals surface area contributed by atoms with Crippen LogP contribution >= 0.6 is 11.8 Å². The molecule has 0 aromatic heterocycles. The predicted octanol–water partition coefficient (Wildman–Crippen LogP) is 1.73. The number of hydrogen-bond donors (Lipinski definition) is 3. The van der Waals surface area contributed by atoms with E-state index in [-0.39, 0.29) is 17.1 Å². The molecule has 2 amide bonds. The minimum absolute atomic E-state index is 0.113. The zero-order valence-electron chi connectivity index (χ0n) is 13.8. The normalized spacial score (nSPS) is 24.0. The highest BCUT2D eigenvalue weighted by Gasteiger charge is 2.32. The fraction of sp³-hybridized carbons (Fsp3) is 0.471. The molecule has 0 radical (unpaired) electrons. The monoisotopic (exact) mass is 364 g/mol. The van der Waals surface area contributed by atoms with Gasteiger partial charge in [-0.15, -0.1) is 11.8 Å². The molecule has 7 nitrogen and oxygen atoms in total. The summed E-state index contributed by atoms with van der Waals surface area (Å²) >= 11 is 1.43. The highest BCUT2D eigenvalue weighted by atomic mass is 32.2. The van der Waals surface area contributed by atoms with Gasteiger partial charge in [0.2, 0.25) is 5.91 Å². The van der Waals surface area contributed by atoms with Gasteiger partial charge in [-0.3, -0.25) is 9.59 Å². The van der Waals surface area contributed by atoms with Crippen molar-refractivity contribution >= 4 is 35.2 Å². The van der Waals surface area contributed by atoms with E-state index < -0.39 is 17.9 Å². The van der Waals surface area contributed by atoms with Crippen LogP contribution in [0, 0.1) is 5.92 Å². The maximum Gasteiger partial charge on any atom is 0.326 e. The third-order valence-electron chi connectivity index (χ3n) is 4.39. The van der Waals surface area contributed by atoms with Gasteiger partial charge in [0.25, 0.3) is 5.91 Å². The Labute approximate surface area is 149 Å². The number of carbonyl (C=O) groups is 3. The van der Waals surface area contributed by atoms with Crippen molar-refractivity contribution in [2.75, 3.05) is 18.5 Å². The second kappa shape index (κ2) is 7.45. The van der Waals surface area contributed by atoms with Gasteiger partial charge in [0, 0.05) is 23.0 Å². The number of hydrogen-bond acceptors (Lipinski definition) is 5. The Morgan fingerprint density at radius 1 is 1.44 bits per heavy atom. The summed E-state index contributed by atoms with van der Waals surface area (Å²) < 4.78 is 5.33. The van der Waals surface area contributed by atoms with Crippen LogP contribution in [0.2, 0.25) is 0 Å². The van der Waals surface area contributed by atoms with E-state index in [0.29, 0.717) is 30.9 Å². The number of fused-ring (bicyclic) bond motifs is 1. The molecule has 25 heavy (non-hydrogen) atoms. The van der Waals surface area contributed by atoms with Gasteiger partial charge in [-0.1, -0.05) is 0 Å². The van der Waals surface area contributed by atoms with Crippen LogP contribution in [0.3, 0.4) is 0 Å². The molecule has 1 saturated heterocycles. The summed E-state index contributed by atoms with van der Waals surface area (Å²) in [4.78, 5) is 36.7. The van der Waals surface area contributed by atoms with E-state index in [1.807, 2.05) is 6.92 Å². The van der Waals surface area contributed by atoms with Crippen molar-refractivity contribution < 1.29 is 24.2 Å². The molecule has 3 rings (SSSR count). The van der Waals surface area contributed by atoms with Crippen LogP contribution in [-0.4, -0.2) is 47.4 Å². The first-order valence-corrected chi connectivity index (χ1v) is 9.06. The maximum absolute atomic E-state index is 12.5. The Bertz CT molecular complexity index is 702. The summed E-state index contributed by atoms with van der Waals surface area (Å²) in [7, 11) is 0. The largest absolute Gasteiger partial charge is 0.480 e. The van der Waals surface area contributed by atoms with Gasteiger partial charge < -0.3 is 20.5 Å². The Balaban J connectivity index is 1.75. The lowest BCUT2D eigenvalue weighted by atomic mass is 9.93. The Hall–Kier alpha value is -2.06. The standard InChI is InChI=1S/C17H20N2O5S/c1-9-15(20)18-12-7-10(4-5-13(12)25-9)16(21)19-14(17(22)23)11-3-2-6-24-8-11/h4-5,7,9,11,14H,2-3,6,8H2,1H3,(H,18,20)(H,19,21)(H,22,23). The van der Waals surface area contributed by atoms with Crippen molar-refractivity contribution in [3.05, 3.63) is 23.8 Å². The fourth-order valence-corrected chi connectivity index (χ4v) is 3.91. The molecular weight excluding hydrogens is 344 g/mol. The third kappa shape index (κ3) is 3.96. The van der Waals surface area contributed by atoms with Crippen molar-refractivity contribution in [1.29, 1.82) is 0 Å². The smallest absolute Gasteiger partial charge is 0.326 e. The number of rotatable bonds is 4. The van der Waals surface area contributed by atoms with E-state index in [1.165, 1.54) is 11.8 Å². The number of anilines is 1. The highest BCUT2D eigenvalue weighted by Crippen LogP contribution is 2.36. The van der Waals surface area contributed by atoms with Gasteiger partial charge in [-0.25, -0.2) is 4.79 Å². The lowest BCUT2D eigenvalue weighted by molar-refractivity contribution is -0.142. The lowest BCUT2D eigenvalue weighted by Gasteiger charge is -2.28. The van der Waals surface area contributed by atoms with Crippen LogP contribution < -0.4 is 10.6 Å². The van der Waals surface area contributed by atoms with Crippen LogP contribution in [0.15, 0.2) is 23.1 Å². The van der Waals surface area contributed by atoms with Gasteiger partial charge in [-0.2, -0.15) is 0 Å². The summed E-state index contributed by atoms with van der Waals surface area (Å²) in [5, 5.41) is 14.6. The van der Waals surface area contributed by atoms with Gasteiger partial charge in [-0.05, 0) is 38.0 Å². The average Bonchev–Trinajstić information content (AvgIpc) is 2.60. The van der Waals surface area contributed by atoms with Crippen molar-refractivity contribution in [1.82, 2.24) is 5.32 Å². The first-order chi connectivity index (χ1) is 12.0. The average molecular weight is 364 g/mol. The maximum atomic E-state index is 12.5. The molecule has 0 aliphatic carbocycles. The second-order valence-corrected chi connectivity index (χ2v) is 7.61. The van der Waals surface area contributed by atoms with Crippen LogP contribution in [0.4, 0.5) is 5.69 Å². The lowest BCUT2D eigenvalue weighted by Crippen LogP contribution is -2.48. The molecule has 2 heterocycles. The van der Waals surface area contributed by atoms with Crippen LogP contribution in [-0.2, 0) is 14.3 Å². The molecule has 8 heteroatoms. The van der Waals surface area contributed by atoms with E-state index in [4.69, 9.17) is 4.74 Å². The number of benzene rings is 1. The molecule has 1 aromatic carbocycles. The zero-order chi connectivity index (χ0) is 18.0. The second-order valence-electron chi connectivity index (χ2n) is 6.23. The summed E-state index contributed by atoms with van der Waals surface area (Å²) in [6, 6.07) is 4.00. The van der Waals surface area contributed by atoms with Gasteiger partial charge in [0.1, 0.15) is 6.04 Å². The molecule has 3 unspecified atom stereocenters. The summed E-state index contributed by atoms with van der Waals surface area (Å²) in [6.45, 7) is 2.76. The number of carboxylic acid groups (broad SMARTS) is 1. The van der Waals surface area contributed by atoms with E-state index in [1.54, 1.807) is 18.2 Å². The summed E-state index contributed by atoms with van der Waals surface area (Å²) in [6.07, 6.45) is 1.48. The van der Waals surface area contributed by atoms with Gasteiger partial charge in [0.05, 0.1) is 17.5 Å². The number of aliphatic carboxylic acids is 1. The zero-order valence-corrected chi connectivity index (χ0v) is 14.6. The number of ether oxygens (including phenoxy) is 1. The molecule has 1 aromatic rings. The molecular formula is C17H20N2O5S. The van der Waals surface area contributed by atoms with Crippen LogP contribution in [0.5, 0.6) is 0 Å². The van der Waals surface area contributed by atoms with Gasteiger partial charge in [0.15, 0.2) is 0 Å². The van der Waals surface area contributed by atoms with E-state index in [0.717, 1.165) is 11.3 Å². The molecule has 0 bridgehead atoms. The first kappa shape index (κ1) is 17.8. The molecule has 134 valence electrons. The fourth-order valence-electron chi connectivity index (χ4n) is 2.98. The van der Waals surface area contributed by atoms with Crippen molar-refractivity contribution in [2.45, 2.75) is 36.0 Å². The highest BCUT2D eigenvalue weighted by molar-refractivity contribution is 8.00. The number of amides is 2. The third-order valence-corrected chi connectivity index (χ3v) is 5.57.